The van der Waals surface area contributed by atoms with E-state index in [0.29, 0.717) is 22.4 Å². The Kier molecular flexibility index (Phi) is 4.65. The molecular formula is C18H14N2O5S. The van der Waals surface area contributed by atoms with Crippen molar-refractivity contribution in [3.05, 3.63) is 59.7 Å². The number of amides is 1. The maximum Gasteiger partial charge on any atom is 0.339 e. The highest BCUT2D eigenvalue weighted by Gasteiger charge is 2.22. The zero-order valence-electron chi connectivity index (χ0n) is 13.7. The predicted molar refractivity (Wildman–Crippen MR) is 93.0 cm³/mol. The van der Waals surface area contributed by atoms with Crippen molar-refractivity contribution in [2.75, 3.05) is 13.7 Å². The van der Waals surface area contributed by atoms with Crippen LogP contribution in [0.1, 0.15) is 11.1 Å². The lowest BCUT2D eigenvalue weighted by Crippen LogP contribution is -2.15. The number of likely N-dealkylation sites (N-methyl/N-ethyl adjacent to an activating group) is 1. The summed E-state index contributed by atoms with van der Waals surface area (Å²) in [4.78, 5) is 11.4. The van der Waals surface area contributed by atoms with Gasteiger partial charge in [0.15, 0.2) is 0 Å². The Balaban J connectivity index is 1.84. The molecule has 1 aliphatic rings. The van der Waals surface area contributed by atoms with Crippen LogP contribution in [0.15, 0.2) is 53.4 Å². The zero-order valence-corrected chi connectivity index (χ0v) is 14.5. The minimum absolute atomic E-state index is 0.0573. The number of fused-ring (bicyclic) bond motifs is 1. The number of nitrogens with one attached hydrogen (secondary N) is 1. The summed E-state index contributed by atoms with van der Waals surface area (Å²) in [6.45, 7) is 0.217. The molecule has 26 heavy (non-hydrogen) atoms. The number of benzene rings is 2. The maximum atomic E-state index is 12.3. The van der Waals surface area contributed by atoms with Crippen molar-refractivity contribution in [1.82, 2.24) is 5.32 Å². The Bertz CT molecular complexity index is 1030. The van der Waals surface area contributed by atoms with E-state index in [2.05, 4.69) is 5.32 Å². The van der Waals surface area contributed by atoms with Gasteiger partial charge in [0.1, 0.15) is 23.0 Å². The van der Waals surface area contributed by atoms with E-state index in [9.17, 15) is 13.2 Å². The van der Waals surface area contributed by atoms with Crippen LogP contribution < -0.4 is 14.2 Å². The summed E-state index contributed by atoms with van der Waals surface area (Å²) in [5.74, 6) is 0.280. The topological polar surface area (TPSA) is 105 Å². The van der Waals surface area contributed by atoms with Crippen LogP contribution in [0.5, 0.6) is 11.5 Å². The van der Waals surface area contributed by atoms with Crippen LogP contribution in [0, 0.1) is 11.3 Å². The van der Waals surface area contributed by atoms with Crippen LogP contribution in [0.25, 0.3) is 5.57 Å². The summed E-state index contributed by atoms with van der Waals surface area (Å²) < 4.78 is 35.3. The van der Waals surface area contributed by atoms with E-state index in [0.717, 1.165) is 0 Å². The van der Waals surface area contributed by atoms with Gasteiger partial charge in [-0.3, -0.25) is 4.79 Å². The van der Waals surface area contributed by atoms with E-state index in [1.54, 1.807) is 6.07 Å². The van der Waals surface area contributed by atoms with Crippen molar-refractivity contribution in [3.63, 3.8) is 0 Å². The van der Waals surface area contributed by atoms with Gasteiger partial charge in [0.25, 0.3) is 0 Å². The molecule has 0 fully saturated rings. The third-order valence-corrected chi connectivity index (χ3v) is 4.97. The molecule has 2 aromatic rings. The lowest BCUT2D eigenvalue weighted by Gasteiger charge is -2.08. The molecule has 0 radical (unpaired) electrons. The number of ether oxygens (including phenoxy) is 1. The van der Waals surface area contributed by atoms with Gasteiger partial charge in [0.05, 0.1) is 11.6 Å². The van der Waals surface area contributed by atoms with Crippen LogP contribution in [-0.4, -0.2) is 28.0 Å². The quantitative estimate of drug-likeness (QED) is 0.650. The number of carbonyl (C=O) groups is 1. The SMILES string of the molecule is CNC(=O)/C=C1/COc2cc(OS(=O)(=O)c3ccc(C#N)cc3)ccc21. The monoisotopic (exact) mass is 370 g/mol. The summed E-state index contributed by atoms with van der Waals surface area (Å²) in [6.07, 6.45) is 1.43. The molecule has 0 saturated carbocycles. The minimum Gasteiger partial charge on any atom is -0.488 e. The van der Waals surface area contributed by atoms with Crippen molar-refractivity contribution in [3.8, 4) is 17.6 Å². The van der Waals surface area contributed by atoms with Crippen LogP contribution in [0.3, 0.4) is 0 Å². The molecule has 132 valence electrons. The standard InChI is InChI=1S/C18H14N2O5S/c1-20-18(21)8-13-11-24-17-9-14(4-7-16(13)17)25-26(22,23)15-5-2-12(10-19)3-6-15/h2-9H,11H2,1H3,(H,20,21)/b13-8-. The molecule has 3 rings (SSSR count). The van der Waals surface area contributed by atoms with Crippen LogP contribution in [0.4, 0.5) is 0 Å². The second-order valence-electron chi connectivity index (χ2n) is 5.40. The van der Waals surface area contributed by atoms with Crippen molar-refractivity contribution in [1.29, 1.82) is 5.26 Å². The number of carbonyl (C=O) groups excluding carboxylic acids is 1. The van der Waals surface area contributed by atoms with E-state index < -0.39 is 10.1 Å². The molecule has 0 saturated heterocycles. The van der Waals surface area contributed by atoms with E-state index in [1.165, 1.54) is 49.5 Å². The van der Waals surface area contributed by atoms with E-state index in [-0.39, 0.29) is 23.2 Å². The molecule has 0 spiro atoms. The lowest BCUT2D eigenvalue weighted by molar-refractivity contribution is -0.116. The number of rotatable bonds is 4. The van der Waals surface area contributed by atoms with Gasteiger partial charge >= 0.3 is 10.1 Å². The molecule has 0 bridgehead atoms. The molecule has 7 nitrogen and oxygen atoms in total. The van der Waals surface area contributed by atoms with Gasteiger partial charge in [0, 0.05) is 30.3 Å². The fraction of sp³-hybridized carbons (Fsp3) is 0.111. The molecule has 1 N–H and O–H groups in total. The van der Waals surface area contributed by atoms with Gasteiger partial charge in [-0.2, -0.15) is 13.7 Å². The fourth-order valence-electron chi connectivity index (χ4n) is 2.39. The molecule has 0 aromatic heterocycles. The summed E-state index contributed by atoms with van der Waals surface area (Å²) in [5.41, 5.74) is 1.75. The largest absolute Gasteiger partial charge is 0.488 e. The third-order valence-electron chi connectivity index (χ3n) is 3.71. The van der Waals surface area contributed by atoms with Gasteiger partial charge in [-0.25, -0.2) is 0 Å². The van der Waals surface area contributed by atoms with Gasteiger partial charge in [-0.15, -0.1) is 0 Å². The Hall–Kier alpha value is -3.31. The van der Waals surface area contributed by atoms with Crippen molar-refractivity contribution in [2.45, 2.75) is 4.90 Å². The number of nitriles is 1. The fourth-order valence-corrected chi connectivity index (χ4v) is 3.32. The molecule has 1 amide bonds. The van der Waals surface area contributed by atoms with Crippen LogP contribution in [-0.2, 0) is 14.9 Å². The minimum atomic E-state index is -4.04. The van der Waals surface area contributed by atoms with Crippen molar-refractivity contribution in [2.24, 2.45) is 0 Å². The highest BCUT2D eigenvalue weighted by Crippen LogP contribution is 2.36. The van der Waals surface area contributed by atoms with Crippen LogP contribution in [0.2, 0.25) is 0 Å². The number of hydrogen-bond acceptors (Lipinski definition) is 6. The Morgan fingerprint density at radius 1 is 1.27 bits per heavy atom. The summed E-state index contributed by atoms with van der Waals surface area (Å²) >= 11 is 0. The predicted octanol–water partition coefficient (Wildman–Crippen LogP) is 1.85. The molecular weight excluding hydrogens is 356 g/mol. The second-order valence-corrected chi connectivity index (χ2v) is 6.95. The number of hydrogen-bond donors (Lipinski definition) is 1. The molecule has 8 heteroatoms. The molecule has 0 atom stereocenters. The summed E-state index contributed by atoms with van der Waals surface area (Å²) in [6, 6.07) is 11.9. The molecule has 1 heterocycles. The first-order chi connectivity index (χ1) is 12.4. The summed E-state index contributed by atoms with van der Waals surface area (Å²) in [7, 11) is -2.51. The Morgan fingerprint density at radius 2 is 2.00 bits per heavy atom. The van der Waals surface area contributed by atoms with E-state index in [4.69, 9.17) is 14.2 Å². The molecule has 1 aliphatic heterocycles. The zero-order chi connectivity index (χ0) is 18.7. The normalized spacial score (nSPS) is 14.2. The second kappa shape index (κ2) is 6.90. The van der Waals surface area contributed by atoms with Crippen molar-refractivity contribution < 1.29 is 22.1 Å². The average Bonchev–Trinajstić information content (AvgIpc) is 3.03. The first-order valence-corrected chi connectivity index (χ1v) is 8.98. The first-order valence-electron chi connectivity index (χ1n) is 7.57. The van der Waals surface area contributed by atoms with Gasteiger partial charge < -0.3 is 14.2 Å². The maximum absolute atomic E-state index is 12.3. The smallest absolute Gasteiger partial charge is 0.339 e. The highest BCUT2D eigenvalue weighted by atomic mass is 32.2. The molecule has 0 unspecified atom stereocenters. The Labute approximate surface area is 150 Å². The highest BCUT2D eigenvalue weighted by molar-refractivity contribution is 7.87. The lowest BCUT2D eigenvalue weighted by atomic mass is 10.1. The number of nitrogens with zero attached hydrogens (tertiary/aromatic N) is 1. The third kappa shape index (κ3) is 3.53. The first kappa shape index (κ1) is 17.5. The Morgan fingerprint density at radius 3 is 2.65 bits per heavy atom. The summed E-state index contributed by atoms with van der Waals surface area (Å²) in [5, 5.41) is 11.3. The van der Waals surface area contributed by atoms with Crippen LogP contribution >= 0.6 is 0 Å². The van der Waals surface area contributed by atoms with Crippen molar-refractivity contribution >= 4 is 21.6 Å². The van der Waals surface area contributed by atoms with Gasteiger partial charge in [0.2, 0.25) is 5.91 Å². The molecule has 2 aromatic carbocycles. The van der Waals surface area contributed by atoms with E-state index in [1.807, 2.05) is 6.07 Å². The average molecular weight is 370 g/mol. The molecule has 0 aliphatic carbocycles. The van der Waals surface area contributed by atoms with Gasteiger partial charge in [-0.1, -0.05) is 0 Å². The van der Waals surface area contributed by atoms with Gasteiger partial charge in [-0.05, 0) is 36.4 Å². The van der Waals surface area contributed by atoms with E-state index >= 15 is 0 Å².